The molecule has 0 aromatic heterocycles. The number of likely N-dealkylation sites (N-methyl/N-ethyl adjacent to an activating group) is 1. The first-order valence-electron chi connectivity index (χ1n) is 33.9. The third-order valence-corrected chi connectivity index (χ3v) is 14.6. The highest BCUT2D eigenvalue weighted by molar-refractivity contribution is 5.71. The molecule has 0 spiro atoms. The number of carbonyl (C=O) groups excluding carboxylic acids is 2. The molecule has 0 saturated heterocycles. The van der Waals surface area contributed by atoms with Crippen molar-refractivity contribution in [3.05, 3.63) is 97.2 Å². The molecule has 0 aromatic rings. The molecule has 0 rings (SSSR count). The molecule has 0 aliphatic rings. The second-order valence-electron chi connectivity index (χ2n) is 23.8. The van der Waals surface area contributed by atoms with Crippen LogP contribution < -0.4 is 0 Å². The summed E-state index contributed by atoms with van der Waals surface area (Å²) >= 11 is 0. The number of esters is 2. The van der Waals surface area contributed by atoms with Crippen molar-refractivity contribution in [2.45, 2.75) is 302 Å². The van der Waals surface area contributed by atoms with E-state index in [2.05, 4.69) is 111 Å². The summed E-state index contributed by atoms with van der Waals surface area (Å²) in [5.41, 5.74) is 0. The molecule has 9 heteroatoms. The Bertz CT molecular complexity index is 1670. The lowest BCUT2D eigenvalue weighted by Crippen LogP contribution is -2.40. The zero-order valence-corrected chi connectivity index (χ0v) is 53.9. The second-order valence-corrected chi connectivity index (χ2v) is 23.8. The molecule has 472 valence electrons. The van der Waals surface area contributed by atoms with Crippen LogP contribution in [-0.4, -0.2) is 87.4 Å². The van der Waals surface area contributed by atoms with E-state index in [0.29, 0.717) is 23.9 Å². The van der Waals surface area contributed by atoms with Gasteiger partial charge in [0.2, 0.25) is 0 Å². The minimum absolute atomic E-state index is 0.182. The Labute approximate surface area is 505 Å². The molecule has 0 saturated carbocycles. The first kappa shape index (κ1) is 78.2. The van der Waals surface area contributed by atoms with Crippen LogP contribution in [0.15, 0.2) is 97.2 Å². The predicted molar refractivity (Wildman–Crippen MR) is 350 cm³/mol. The fraction of sp³-hybridized carbons (Fsp3) is 0.740. The van der Waals surface area contributed by atoms with Crippen molar-refractivity contribution in [1.29, 1.82) is 0 Å². The van der Waals surface area contributed by atoms with E-state index in [4.69, 9.17) is 18.9 Å². The lowest BCUT2D eigenvalue weighted by atomic mass is 10.0. The summed E-state index contributed by atoms with van der Waals surface area (Å²) in [4.78, 5) is 37.6. The van der Waals surface area contributed by atoms with Crippen LogP contribution in [0.1, 0.15) is 290 Å². The van der Waals surface area contributed by atoms with Crippen molar-refractivity contribution in [2.75, 3.05) is 47.5 Å². The number of rotatable bonds is 62. The van der Waals surface area contributed by atoms with Crippen LogP contribution >= 0.6 is 0 Å². The van der Waals surface area contributed by atoms with Gasteiger partial charge < -0.3 is 28.5 Å². The molecular formula is C73H128NO8+. The average Bonchev–Trinajstić information content (AvgIpc) is 3.47. The van der Waals surface area contributed by atoms with Crippen LogP contribution in [0.5, 0.6) is 0 Å². The predicted octanol–water partition coefficient (Wildman–Crippen LogP) is 20.9. The second kappa shape index (κ2) is 63.2. The molecule has 0 amide bonds. The average molecular weight is 1150 g/mol. The first-order chi connectivity index (χ1) is 40.1. The number of carboxylic acid groups (broad SMARTS) is 1. The van der Waals surface area contributed by atoms with Crippen molar-refractivity contribution in [2.24, 2.45) is 0 Å². The maximum atomic E-state index is 12.9. The molecule has 9 nitrogen and oxygen atoms in total. The lowest BCUT2D eigenvalue weighted by molar-refractivity contribution is -0.870. The Balaban J connectivity index is 4.12. The van der Waals surface area contributed by atoms with E-state index in [1.807, 2.05) is 21.1 Å². The van der Waals surface area contributed by atoms with Crippen molar-refractivity contribution in [3.8, 4) is 0 Å². The minimum Gasteiger partial charge on any atom is -0.477 e. The maximum Gasteiger partial charge on any atom is 0.361 e. The zero-order valence-electron chi connectivity index (χ0n) is 53.9. The summed E-state index contributed by atoms with van der Waals surface area (Å²) in [5.74, 6) is -2.00. The van der Waals surface area contributed by atoms with Gasteiger partial charge in [-0.25, -0.2) is 4.79 Å². The van der Waals surface area contributed by atoms with Crippen molar-refractivity contribution < 1.29 is 42.9 Å². The molecule has 2 atom stereocenters. The smallest absolute Gasteiger partial charge is 0.361 e. The van der Waals surface area contributed by atoms with Gasteiger partial charge in [0, 0.05) is 12.8 Å². The summed E-state index contributed by atoms with van der Waals surface area (Å²) in [6.07, 6.45) is 83.6. The normalized spacial score (nSPS) is 13.3. The number of allylic oxidation sites excluding steroid dienone is 16. The highest BCUT2D eigenvalue weighted by Crippen LogP contribution is 2.17. The molecule has 2 unspecified atom stereocenters. The fourth-order valence-corrected chi connectivity index (χ4v) is 9.44. The number of hydrogen-bond donors (Lipinski definition) is 1. The quantitative estimate of drug-likeness (QED) is 0.0211. The number of unbranched alkanes of at least 4 members (excludes halogenated alkanes) is 31. The van der Waals surface area contributed by atoms with Crippen LogP contribution in [0.2, 0.25) is 0 Å². The van der Waals surface area contributed by atoms with E-state index in [-0.39, 0.29) is 32.2 Å². The van der Waals surface area contributed by atoms with Crippen molar-refractivity contribution in [1.82, 2.24) is 0 Å². The van der Waals surface area contributed by atoms with Gasteiger partial charge in [0.1, 0.15) is 13.2 Å². The van der Waals surface area contributed by atoms with E-state index < -0.39 is 24.3 Å². The molecule has 1 N–H and O–H groups in total. The molecule has 0 radical (unpaired) electrons. The molecule has 0 fully saturated rings. The molecule has 0 aromatic carbocycles. The maximum absolute atomic E-state index is 12.9. The van der Waals surface area contributed by atoms with Crippen LogP contribution in [0.4, 0.5) is 0 Å². The number of carbonyl (C=O) groups is 3. The summed E-state index contributed by atoms with van der Waals surface area (Å²) in [6, 6.07) is 0. The molecular weight excluding hydrogens is 1020 g/mol. The lowest BCUT2D eigenvalue weighted by Gasteiger charge is -2.25. The highest BCUT2D eigenvalue weighted by atomic mass is 16.7. The minimum atomic E-state index is -1.51. The summed E-state index contributed by atoms with van der Waals surface area (Å²) in [7, 11) is 5.98. The fourth-order valence-electron chi connectivity index (χ4n) is 9.44. The SMILES string of the molecule is CC/C=C\C/C=C\C/C=C\C/C=C\C/C=C\C/C=C\C/C=C\C/C=C\CCCCCCCCCCCCCCC(=O)OC(COC(=O)CCCCCCCCCCCCCCCCCCCCCC)COC(OCC[N+](C)(C)C)C(=O)O. The van der Waals surface area contributed by atoms with Gasteiger partial charge in [-0.2, -0.15) is 0 Å². The topological polar surface area (TPSA) is 108 Å². The van der Waals surface area contributed by atoms with Crippen LogP contribution in [0, 0.1) is 0 Å². The number of hydrogen-bond acceptors (Lipinski definition) is 7. The van der Waals surface area contributed by atoms with E-state index in [9.17, 15) is 19.5 Å². The van der Waals surface area contributed by atoms with Gasteiger partial charge in [0.25, 0.3) is 6.29 Å². The largest absolute Gasteiger partial charge is 0.477 e. The molecule has 0 aliphatic carbocycles. The van der Waals surface area contributed by atoms with Gasteiger partial charge in [-0.05, 0) is 77.0 Å². The highest BCUT2D eigenvalue weighted by Gasteiger charge is 2.25. The standard InChI is InChI=1S/C73H127NO8/c1-6-8-10-12-14-16-18-20-22-24-26-28-29-30-31-32-33-34-35-36-37-38-39-40-41-42-43-44-46-48-50-52-54-56-58-60-62-64-71(76)82-69(68-81-73(72(77)78)79-66-65-74(3,4)5)67-80-70(75)63-61-59-57-55-53-51-49-47-45-27-25-23-21-19-17-15-13-11-9-7-2/h8,10,14,16,20,22,26,28,30-31,33-34,36-37,39-40,69,73H,6-7,9,11-13,15,17-19,21,23-25,27,29,32,35,38,41-68H2,1-5H3/p+1/b10-8-,16-14-,22-20-,28-26-,31-30-,34-33-,37-36-,40-39-. The van der Waals surface area contributed by atoms with Crippen molar-refractivity contribution in [3.63, 3.8) is 0 Å². The number of aliphatic carboxylic acids is 1. The molecule has 0 aliphatic heterocycles. The van der Waals surface area contributed by atoms with Gasteiger partial charge in [-0.15, -0.1) is 0 Å². The molecule has 82 heavy (non-hydrogen) atoms. The number of nitrogens with zero attached hydrogens (tertiary/aromatic N) is 1. The Morgan fingerprint density at radius 1 is 0.378 bits per heavy atom. The monoisotopic (exact) mass is 1150 g/mol. The van der Waals surface area contributed by atoms with Gasteiger partial charge in [0.05, 0.1) is 34.4 Å². The van der Waals surface area contributed by atoms with Crippen LogP contribution in [0.25, 0.3) is 0 Å². The Morgan fingerprint density at radius 2 is 0.695 bits per heavy atom. The number of ether oxygens (including phenoxy) is 4. The van der Waals surface area contributed by atoms with Gasteiger partial charge >= 0.3 is 17.9 Å². The summed E-state index contributed by atoms with van der Waals surface area (Å²) in [6.45, 7) is 4.79. The Hall–Kier alpha value is -3.79. The first-order valence-corrected chi connectivity index (χ1v) is 33.9. The van der Waals surface area contributed by atoms with Gasteiger partial charge in [-0.1, -0.05) is 297 Å². The summed E-state index contributed by atoms with van der Waals surface area (Å²) < 4.78 is 23.0. The third kappa shape index (κ3) is 63.8. The van der Waals surface area contributed by atoms with Gasteiger partial charge in [-0.3, -0.25) is 9.59 Å². The van der Waals surface area contributed by atoms with Crippen LogP contribution in [-0.2, 0) is 33.3 Å². The molecule has 0 bridgehead atoms. The number of carboxylic acids is 1. The summed E-state index contributed by atoms with van der Waals surface area (Å²) in [5, 5.41) is 9.73. The zero-order chi connectivity index (χ0) is 59.8. The van der Waals surface area contributed by atoms with E-state index in [0.717, 1.165) is 89.9 Å². The number of quaternary nitrogens is 1. The Morgan fingerprint density at radius 3 is 1.04 bits per heavy atom. The van der Waals surface area contributed by atoms with E-state index in [1.54, 1.807) is 0 Å². The Kier molecular flexibility index (Phi) is 60.3. The van der Waals surface area contributed by atoms with Crippen molar-refractivity contribution >= 4 is 17.9 Å². The molecule has 0 heterocycles. The third-order valence-electron chi connectivity index (χ3n) is 14.6. The van der Waals surface area contributed by atoms with Gasteiger partial charge in [0.15, 0.2) is 6.10 Å². The van der Waals surface area contributed by atoms with E-state index in [1.165, 1.54) is 167 Å². The van der Waals surface area contributed by atoms with Crippen LogP contribution in [0.3, 0.4) is 0 Å². The van der Waals surface area contributed by atoms with E-state index >= 15 is 0 Å².